The van der Waals surface area contributed by atoms with Crippen LogP contribution < -0.4 is 11.1 Å². The molecule has 1 atom stereocenters. The van der Waals surface area contributed by atoms with Crippen LogP contribution in [0.4, 0.5) is 5.69 Å². The molecule has 1 rings (SSSR count). The maximum Gasteiger partial charge on any atom is 0.342 e. The van der Waals surface area contributed by atoms with Gasteiger partial charge in [0.15, 0.2) is 6.61 Å². The number of aromatic hydroxyl groups is 1. The maximum atomic E-state index is 11.7. The van der Waals surface area contributed by atoms with Gasteiger partial charge >= 0.3 is 11.9 Å². The summed E-state index contributed by atoms with van der Waals surface area (Å²) in [5, 5.41) is 20.3. The van der Waals surface area contributed by atoms with Gasteiger partial charge in [0.05, 0.1) is 0 Å². The van der Waals surface area contributed by atoms with E-state index in [1.54, 1.807) is 0 Å². The van der Waals surface area contributed by atoms with Crippen molar-refractivity contribution in [3.05, 3.63) is 23.8 Å². The maximum absolute atomic E-state index is 11.7. The molecular formula is C12H14N2O6S. The first-order chi connectivity index (χ1) is 9.85. The molecule has 0 aliphatic heterocycles. The molecule has 5 N–H and O–H groups in total. The summed E-state index contributed by atoms with van der Waals surface area (Å²) in [6.07, 6.45) is 0. The Kier molecular flexibility index (Phi) is 5.85. The van der Waals surface area contributed by atoms with Crippen molar-refractivity contribution in [2.45, 2.75) is 6.04 Å². The van der Waals surface area contributed by atoms with Gasteiger partial charge in [-0.15, -0.1) is 0 Å². The van der Waals surface area contributed by atoms with Crippen LogP contribution in [0.15, 0.2) is 18.2 Å². The van der Waals surface area contributed by atoms with Gasteiger partial charge in [-0.25, -0.2) is 9.59 Å². The number of rotatable bonds is 6. The number of phenolic OH excluding ortho intramolecular Hbond substituents is 1. The number of ether oxygens (including phenoxy) is 1. The zero-order valence-electron chi connectivity index (χ0n) is 10.8. The van der Waals surface area contributed by atoms with Crippen molar-refractivity contribution in [2.75, 3.05) is 18.1 Å². The molecule has 0 fully saturated rings. The van der Waals surface area contributed by atoms with E-state index in [1.165, 1.54) is 18.2 Å². The molecule has 1 aromatic carbocycles. The minimum atomic E-state index is -1.25. The SMILES string of the molecule is Nc1ccc(O)c(C(=O)OCC(=O)NC(CS)C(=O)O)c1. The highest BCUT2D eigenvalue weighted by atomic mass is 32.1. The molecule has 9 heteroatoms. The summed E-state index contributed by atoms with van der Waals surface area (Å²) in [5.74, 6) is -3.45. The predicted octanol–water partition coefficient (Wildman–Crippen LogP) is -0.370. The molecule has 0 aliphatic rings. The van der Waals surface area contributed by atoms with Gasteiger partial charge in [0.25, 0.3) is 5.91 Å². The number of nitrogens with two attached hydrogens (primary N) is 1. The largest absolute Gasteiger partial charge is 0.507 e. The number of anilines is 1. The van der Waals surface area contributed by atoms with E-state index < -0.39 is 30.5 Å². The summed E-state index contributed by atoms with van der Waals surface area (Å²) >= 11 is 3.77. The Balaban J connectivity index is 2.58. The van der Waals surface area contributed by atoms with Gasteiger partial charge in [-0.2, -0.15) is 12.6 Å². The number of hydrogen-bond acceptors (Lipinski definition) is 7. The molecular weight excluding hydrogens is 300 g/mol. The number of carboxylic acids is 1. The molecule has 8 nitrogen and oxygen atoms in total. The molecule has 0 bridgehead atoms. The molecule has 1 aromatic rings. The Labute approximate surface area is 125 Å². The summed E-state index contributed by atoms with van der Waals surface area (Å²) in [5.41, 5.74) is 5.52. The molecule has 0 spiro atoms. The van der Waals surface area contributed by atoms with Crippen molar-refractivity contribution in [3.63, 3.8) is 0 Å². The van der Waals surface area contributed by atoms with Crippen molar-refractivity contribution < 1.29 is 29.3 Å². The van der Waals surface area contributed by atoms with Gasteiger partial charge in [0, 0.05) is 11.4 Å². The second kappa shape index (κ2) is 7.39. The van der Waals surface area contributed by atoms with E-state index in [0.29, 0.717) is 0 Å². The Bertz CT molecular complexity index is 563. The van der Waals surface area contributed by atoms with Crippen LogP contribution in [0.1, 0.15) is 10.4 Å². The minimum absolute atomic E-state index is 0.106. The van der Waals surface area contributed by atoms with Crippen molar-refractivity contribution in [1.29, 1.82) is 0 Å². The molecule has 1 unspecified atom stereocenters. The van der Waals surface area contributed by atoms with E-state index in [4.69, 9.17) is 10.8 Å². The van der Waals surface area contributed by atoms with Gasteiger partial charge < -0.3 is 26.0 Å². The third-order valence-corrected chi connectivity index (χ3v) is 2.76. The van der Waals surface area contributed by atoms with E-state index >= 15 is 0 Å². The third kappa shape index (κ3) is 4.88. The molecule has 0 saturated heterocycles. The molecule has 21 heavy (non-hydrogen) atoms. The number of nitrogen functional groups attached to an aromatic ring is 1. The van der Waals surface area contributed by atoms with E-state index in [2.05, 4.69) is 22.7 Å². The molecule has 114 valence electrons. The number of nitrogens with one attached hydrogen (secondary N) is 1. The summed E-state index contributed by atoms with van der Waals surface area (Å²) in [4.78, 5) is 33.8. The summed E-state index contributed by atoms with van der Waals surface area (Å²) < 4.78 is 4.67. The number of benzene rings is 1. The van der Waals surface area contributed by atoms with Crippen LogP contribution in [0.3, 0.4) is 0 Å². The quantitative estimate of drug-likeness (QED) is 0.209. The number of phenols is 1. The van der Waals surface area contributed by atoms with Crippen molar-refractivity contribution in [3.8, 4) is 5.75 Å². The normalized spacial score (nSPS) is 11.5. The smallest absolute Gasteiger partial charge is 0.342 e. The number of carbonyl (C=O) groups is 3. The highest BCUT2D eigenvalue weighted by molar-refractivity contribution is 7.80. The van der Waals surface area contributed by atoms with Gasteiger partial charge in [-0.05, 0) is 18.2 Å². The van der Waals surface area contributed by atoms with Crippen LogP contribution in [-0.2, 0) is 14.3 Å². The third-order valence-electron chi connectivity index (χ3n) is 2.39. The minimum Gasteiger partial charge on any atom is -0.507 e. The van der Waals surface area contributed by atoms with Crippen LogP contribution in [0.5, 0.6) is 5.75 Å². The number of carboxylic acid groups (broad SMARTS) is 1. The number of carbonyl (C=O) groups excluding carboxylic acids is 2. The van der Waals surface area contributed by atoms with E-state index in [0.717, 1.165) is 0 Å². The van der Waals surface area contributed by atoms with E-state index in [-0.39, 0.29) is 22.8 Å². The highest BCUT2D eigenvalue weighted by Gasteiger charge is 2.20. The Morgan fingerprint density at radius 1 is 1.38 bits per heavy atom. The monoisotopic (exact) mass is 314 g/mol. The first-order valence-electron chi connectivity index (χ1n) is 5.73. The number of hydrogen-bond donors (Lipinski definition) is 5. The fourth-order valence-electron chi connectivity index (χ4n) is 1.35. The van der Waals surface area contributed by atoms with Gasteiger partial charge in [0.2, 0.25) is 0 Å². The Morgan fingerprint density at radius 2 is 2.05 bits per heavy atom. The van der Waals surface area contributed by atoms with Crippen LogP contribution in [-0.4, -0.2) is 46.5 Å². The molecule has 0 aromatic heterocycles. The van der Waals surface area contributed by atoms with E-state index in [1.807, 2.05) is 0 Å². The lowest BCUT2D eigenvalue weighted by molar-refractivity contribution is -0.141. The van der Waals surface area contributed by atoms with Gasteiger partial charge in [-0.1, -0.05) is 0 Å². The van der Waals surface area contributed by atoms with E-state index in [9.17, 15) is 19.5 Å². The zero-order valence-corrected chi connectivity index (χ0v) is 11.7. The fourth-order valence-corrected chi connectivity index (χ4v) is 1.59. The van der Waals surface area contributed by atoms with Crippen molar-refractivity contribution in [1.82, 2.24) is 5.32 Å². The molecule has 0 heterocycles. The summed E-state index contributed by atoms with van der Waals surface area (Å²) in [7, 11) is 0. The lowest BCUT2D eigenvalue weighted by atomic mass is 10.2. The summed E-state index contributed by atoms with van der Waals surface area (Å²) in [6.45, 7) is -0.690. The second-order valence-electron chi connectivity index (χ2n) is 3.99. The fraction of sp³-hybridized carbons (Fsp3) is 0.250. The molecule has 1 amide bonds. The predicted molar refractivity (Wildman–Crippen MR) is 76.2 cm³/mol. The Hall–Kier alpha value is -2.42. The standard InChI is InChI=1S/C12H14N2O6S/c13-6-1-2-9(15)7(3-6)12(19)20-4-10(16)14-8(5-21)11(17)18/h1-3,8,15,21H,4-5,13H2,(H,14,16)(H,17,18). The lowest BCUT2D eigenvalue weighted by Gasteiger charge is -2.12. The van der Waals surface area contributed by atoms with Crippen LogP contribution in [0, 0.1) is 0 Å². The number of aliphatic carboxylic acids is 1. The average Bonchev–Trinajstić information content (AvgIpc) is 2.44. The summed E-state index contributed by atoms with van der Waals surface area (Å²) in [6, 6.07) is 2.62. The molecule has 0 radical (unpaired) electrons. The lowest BCUT2D eigenvalue weighted by Crippen LogP contribution is -2.43. The first kappa shape index (κ1) is 16.6. The average molecular weight is 314 g/mol. The zero-order chi connectivity index (χ0) is 16.0. The van der Waals surface area contributed by atoms with Gasteiger partial charge in [0.1, 0.15) is 17.4 Å². The number of thiol groups is 1. The van der Waals surface area contributed by atoms with Crippen molar-refractivity contribution in [2.24, 2.45) is 0 Å². The molecule has 0 aliphatic carbocycles. The highest BCUT2D eigenvalue weighted by Crippen LogP contribution is 2.20. The first-order valence-corrected chi connectivity index (χ1v) is 6.37. The number of amides is 1. The topological polar surface area (TPSA) is 139 Å². The van der Waals surface area contributed by atoms with Crippen LogP contribution in [0.2, 0.25) is 0 Å². The van der Waals surface area contributed by atoms with Gasteiger partial charge in [-0.3, -0.25) is 4.79 Å². The van der Waals surface area contributed by atoms with Crippen LogP contribution >= 0.6 is 12.6 Å². The Morgan fingerprint density at radius 3 is 2.62 bits per heavy atom. The molecule has 0 saturated carbocycles. The second-order valence-corrected chi connectivity index (χ2v) is 4.36. The van der Waals surface area contributed by atoms with Crippen molar-refractivity contribution >= 4 is 36.2 Å². The number of esters is 1. The van der Waals surface area contributed by atoms with Crippen LogP contribution in [0.25, 0.3) is 0 Å².